The van der Waals surface area contributed by atoms with E-state index in [4.69, 9.17) is 0 Å². The Hall–Kier alpha value is -3.59. The summed E-state index contributed by atoms with van der Waals surface area (Å²) in [6.45, 7) is 0. The molecule has 0 saturated heterocycles. The molecule has 0 fully saturated rings. The van der Waals surface area contributed by atoms with Gasteiger partial charge in [-0.15, -0.1) is 10.2 Å². The number of carboxylic acids is 1. The molecule has 2 aromatic carbocycles. The molecule has 0 radical (unpaired) electrons. The second kappa shape index (κ2) is 7.57. The molecule has 3 aromatic rings. The largest absolute Gasteiger partial charge is 0.478 e. The highest BCUT2D eigenvalue weighted by molar-refractivity contribution is 7.90. The number of carbonyl (C=O) groups excluding carboxylic acids is 1. The van der Waals surface area contributed by atoms with Crippen molar-refractivity contribution in [2.75, 3.05) is 11.6 Å². The van der Waals surface area contributed by atoms with Gasteiger partial charge in [0.1, 0.15) is 0 Å². The van der Waals surface area contributed by atoms with Crippen LogP contribution in [0.15, 0.2) is 65.7 Å². The minimum Gasteiger partial charge on any atom is -0.478 e. The first-order valence-electron chi connectivity index (χ1n) is 8.03. The number of anilines is 1. The van der Waals surface area contributed by atoms with Gasteiger partial charge in [-0.2, -0.15) is 0 Å². The van der Waals surface area contributed by atoms with Crippen molar-refractivity contribution in [2.24, 2.45) is 0 Å². The molecule has 0 spiro atoms. The molecule has 0 aliphatic carbocycles. The molecule has 0 aliphatic heterocycles. The quantitative estimate of drug-likeness (QED) is 0.677. The Morgan fingerprint density at radius 2 is 1.64 bits per heavy atom. The van der Waals surface area contributed by atoms with Gasteiger partial charge in [-0.1, -0.05) is 24.3 Å². The summed E-state index contributed by atoms with van der Waals surface area (Å²) in [6.07, 6.45) is 1.04. The van der Waals surface area contributed by atoms with E-state index in [9.17, 15) is 23.1 Å². The number of aromatic carboxylic acids is 1. The van der Waals surface area contributed by atoms with Gasteiger partial charge in [-0.3, -0.25) is 4.79 Å². The monoisotopic (exact) mass is 397 g/mol. The fourth-order valence-corrected chi connectivity index (χ4v) is 3.00. The Balaban J connectivity index is 1.86. The van der Waals surface area contributed by atoms with Crippen molar-refractivity contribution in [3.63, 3.8) is 0 Å². The minimum absolute atomic E-state index is 0.0395. The number of carboxylic acid groups (broad SMARTS) is 1. The van der Waals surface area contributed by atoms with E-state index in [1.807, 2.05) is 0 Å². The van der Waals surface area contributed by atoms with Gasteiger partial charge in [0.2, 0.25) is 0 Å². The third-order valence-corrected chi connectivity index (χ3v) is 4.82. The standard InChI is InChI=1S/C19H15N3O5S/c1-28(26,27)17-10-9-16(21-22-17)12-5-4-6-13(11-12)20-18(23)14-7-2-3-8-15(14)19(24)25/h2-11H,1H3,(H,20,23)(H,24,25). The number of nitrogens with one attached hydrogen (secondary N) is 1. The van der Waals surface area contributed by atoms with E-state index in [1.54, 1.807) is 36.4 Å². The lowest BCUT2D eigenvalue weighted by molar-refractivity contribution is 0.0692. The Morgan fingerprint density at radius 1 is 0.929 bits per heavy atom. The predicted molar refractivity (Wildman–Crippen MR) is 102 cm³/mol. The number of carbonyl (C=O) groups is 2. The van der Waals surface area contributed by atoms with Crippen LogP contribution in [-0.2, 0) is 9.84 Å². The normalized spacial score (nSPS) is 11.0. The van der Waals surface area contributed by atoms with E-state index in [2.05, 4.69) is 15.5 Å². The molecular formula is C19H15N3O5S. The summed E-state index contributed by atoms with van der Waals surface area (Å²) < 4.78 is 22.9. The zero-order valence-electron chi connectivity index (χ0n) is 14.7. The third-order valence-electron chi connectivity index (χ3n) is 3.84. The zero-order valence-corrected chi connectivity index (χ0v) is 15.5. The van der Waals surface area contributed by atoms with Crippen LogP contribution >= 0.6 is 0 Å². The molecule has 0 unspecified atom stereocenters. The zero-order chi connectivity index (χ0) is 20.3. The average molecular weight is 397 g/mol. The summed E-state index contributed by atoms with van der Waals surface area (Å²) in [5, 5.41) is 19.4. The molecule has 9 heteroatoms. The highest BCUT2D eigenvalue weighted by atomic mass is 32.2. The summed E-state index contributed by atoms with van der Waals surface area (Å²) in [5.74, 6) is -1.76. The van der Waals surface area contributed by atoms with Gasteiger partial charge in [-0.05, 0) is 36.4 Å². The maximum Gasteiger partial charge on any atom is 0.336 e. The maximum absolute atomic E-state index is 12.5. The lowest BCUT2D eigenvalue weighted by Gasteiger charge is -2.09. The molecule has 0 saturated carbocycles. The second-order valence-corrected chi connectivity index (χ2v) is 7.88. The lowest BCUT2D eigenvalue weighted by atomic mass is 10.1. The van der Waals surface area contributed by atoms with Crippen LogP contribution in [0.4, 0.5) is 5.69 Å². The summed E-state index contributed by atoms with van der Waals surface area (Å²) in [7, 11) is -3.45. The topological polar surface area (TPSA) is 126 Å². The van der Waals surface area contributed by atoms with Crippen molar-refractivity contribution in [1.29, 1.82) is 0 Å². The van der Waals surface area contributed by atoms with Crippen LogP contribution in [0.25, 0.3) is 11.3 Å². The molecule has 28 heavy (non-hydrogen) atoms. The Kier molecular flexibility index (Phi) is 5.18. The Labute approximate surface area is 160 Å². The van der Waals surface area contributed by atoms with Crippen molar-refractivity contribution >= 4 is 27.4 Å². The van der Waals surface area contributed by atoms with Gasteiger partial charge in [0, 0.05) is 17.5 Å². The molecule has 142 valence electrons. The summed E-state index contributed by atoms with van der Waals surface area (Å²) >= 11 is 0. The molecule has 0 atom stereocenters. The highest BCUT2D eigenvalue weighted by Crippen LogP contribution is 2.22. The number of rotatable bonds is 5. The SMILES string of the molecule is CS(=O)(=O)c1ccc(-c2cccc(NC(=O)c3ccccc3C(=O)O)c2)nn1. The fourth-order valence-electron chi connectivity index (χ4n) is 2.49. The number of nitrogens with zero attached hydrogens (tertiary/aromatic N) is 2. The van der Waals surface area contributed by atoms with E-state index in [-0.39, 0.29) is 16.2 Å². The van der Waals surface area contributed by atoms with E-state index in [0.717, 1.165) is 6.26 Å². The van der Waals surface area contributed by atoms with Gasteiger partial charge in [0.05, 0.1) is 16.8 Å². The smallest absolute Gasteiger partial charge is 0.336 e. The molecule has 1 amide bonds. The van der Waals surface area contributed by atoms with Crippen LogP contribution in [0, 0.1) is 0 Å². The highest BCUT2D eigenvalue weighted by Gasteiger charge is 2.16. The molecule has 2 N–H and O–H groups in total. The number of hydrogen-bond acceptors (Lipinski definition) is 6. The second-order valence-electron chi connectivity index (χ2n) is 5.91. The Morgan fingerprint density at radius 3 is 2.25 bits per heavy atom. The van der Waals surface area contributed by atoms with Crippen LogP contribution in [-0.4, -0.2) is 41.9 Å². The minimum atomic E-state index is -3.45. The molecule has 1 aromatic heterocycles. The van der Waals surface area contributed by atoms with Gasteiger partial charge in [0.15, 0.2) is 14.9 Å². The van der Waals surface area contributed by atoms with Crippen molar-refractivity contribution < 1.29 is 23.1 Å². The molecule has 1 heterocycles. The number of amides is 1. The predicted octanol–water partition coefficient (Wildman–Crippen LogP) is 2.50. The van der Waals surface area contributed by atoms with Crippen LogP contribution in [0.3, 0.4) is 0 Å². The van der Waals surface area contributed by atoms with Gasteiger partial charge < -0.3 is 10.4 Å². The van der Waals surface area contributed by atoms with Gasteiger partial charge in [0.25, 0.3) is 5.91 Å². The van der Waals surface area contributed by atoms with Crippen LogP contribution < -0.4 is 5.32 Å². The maximum atomic E-state index is 12.5. The number of sulfone groups is 1. The van der Waals surface area contributed by atoms with E-state index in [1.165, 1.54) is 24.3 Å². The third kappa shape index (κ3) is 4.21. The van der Waals surface area contributed by atoms with Crippen LogP contribution in [0.5, 0.6) is 0 Å². The van der Waals surface area contributed by atoms with E-state index >= 15 is 0 Å². The van der Waals surface area contributed by atoms with Crippen LogP contribution in [0.1, 0.15) is 20.7 Å². The summed E-state index contributed by atoms with van der Waals surface area (Å²) in [6, 6.07) is 15.5. The average Bonchev–Trinajstić information content (AvgIpc) is 2.67. The fraction of sp³-hybridized carbons (Fsp3) is 0.0526. The molecule has 0 bridgehead atoms. The van der Waals surface area contributed by atoms with Crippen LogP contribution in [0.2, 0.25) is 0 Å². The van der Waals surface area contributed by atoms with E-state index in [0.29, 0.717) is 16.9 Å². The van der Waals surface area contributed by atoms with Crippen molar-refractivity contribution in [1.82, 2.24) is 10.2 Å². The van der Waals surface area contributed by atoms with Gasteiger partial charge >= 0.3 is 5.97 Å². The van der Waals surface area contributed by atoms with E-state index < -0.39 is 21.7 Å². The molecule has 8 nitrogen and oxygen atoms in total. The Bertz CT molecular complexity index is 1160. The number of aromatic nitrogens is 2. The molecular weight excluding hydrogens is 382 g/mol. The van der Waals surface area contributed by atoms with Crippen molar-refractivity contribution in [3.05, 3.63) is 71.8 Å². The first kappa shape index (κ1) is 19.2. The molecule has 0 aliphatic rings. The van der Waals surface area contributed by atoms with Gasteiger partial charge in [-0.25, -0.2) is 13.2 Å². The summed E-state index contributed by atoms with van der Waals surface area (Å²) in [4.78, 5) is 23.8. The first-order valence-corrected chi connectivity index (χ1v) is 9.93. The van der Waals surface area contributed by atoms with Crippen molar-refractivity contribution in [2.45, 2.75) is 5.03 Å². The number of benzene rings is 2. The molecule has 3 rings (SSSR count). The summed E-state index contributed by atoms with van der Waals surface area (Å²) in [5.41, 5.74) is 1.40. The lowest BCUT2D eigenvalue weighted by Crippen LogP contribution is -2.16. The number of hydrogen-bond donors (Lipinski definition) is 2. The van der Waals surface area contributed by atoms with Crippen molar-refractivity contribution in [3.8, 4) is 11.3 Å². The first-order chi connectivity index (χ1) is 13.3.